The topological polar surface area (TPSA) is 149 Å². The monoisotopic (exact) mass is 467 g/mol. The summed E-state index contributed by atoms with van der Waals surface area (Å²) < 4.78 is 3.73. The molecular formula is C20H32ClN8O3+. The van der Waals surface area contributed by atoms with Gasteiger partial charge in [0, 0.05) is 33.0 Å². The van der Waals surface area contributed by atoms with Gasteiger partial charge in [-0.2, -0.15) is 0 Å². The molecule has 32 heavy (non-hydrogen) atoms. The zero-order valence-corrected chi connectivity index (χ0v) is 19.8. The summed E-state index contributed by atoms with van der Waals surface area (Å²) >= 11 is 0. The van der Waals surface area contributed by atoms with Crippen molar-refractivity contribution in [2.75, 3.05) is 44.9 Å². The standard InChI is InChI=1S/C20H30N8O3.ClH/c1-26-11-14(9-15(26)19(30)23-7-6-17(21)22)25-20(31)16-8-13(10-27(16)2)24-18(29)12-28(3,4)5;/h8-11H,6-7,12H2,1-5H3,(H5-,21,22,23,24,25,29,30,31);1H/p+1. The van der Waals surface area contributed by atoms with Gasteiger partial charge in [0.15, 0.2) is 6.54 Å². The maximum absolute atomic E-state index is 12.7. The second-order valence-corrected chi connectivity index (χ2v) is 8.48. The smallest absolute Gasteiger partial charge is 0.279 e. The molecule has 0 unspecified atom stereocenters. The van der Waals surface area contributed by atoms with Gasteiger partial charge in [-0.3, -0.25) is 25.5 Å². The zero-order valence-electron chi connectivity index (χ0n) is 19.0. The predicted molar refractivity (Wildman–Crippen MR) is 118 cm³/mol. The fourth-order valence-electron chi connectivity index (χ4n) is 2.95. The van der Waals surface area contributed by atoms with E-state index in [2.05, 4.69) is 16.0 Å². The third-order valence-electron chi connectivity index (χ3n) is 4.33. The first kappa shape index (κ1) is 26.7. The number of likely N-dealkylation sites (N-methyl/N-ethyl adjacent to an activating group) is 1. The van der Waals surface area contributed by atoms with E-state index in [9.17, 15) is 14.4 Å². The molecule has 0 aromatic carbocycles. The molecule has 0 fully saturated rings. The number of quaternary nitrogens is 1. The number of amides is 3. The molecule has 2 aromatic heterocycles. The van der Waals surface area contributed by atoms with E-state index < -0.39 is 0 Å². The molecule has 12 heteroatoms. The highest BCUT2D eigenvalue weighted by molar-refractivity contribution is 6.05. The Balaban J connectivity index is 0.00000512. The van der Waals surface area contributed by atoms with Gasteiger partial charge < -0.3 is 42.0 Å². The fraction of sp³-hybridized carbons (Fsp3) is 0.400. The largest absolute Gasteiger partial charge is 1.00 e. The Labute approximate surface area is 193 Å². The summed E-state index contributed by atoms with van der Waals surface area (Å²) in [4.78, 5) is 37.1. The van der Waals surface area contributed by atoms with E-state index in [0.717, 1.165) is 0 Å². The summed E-state index contributed by atoms with van der Waals surface area (Å²) in [7, 11) is 9.18. The molecule has 7 N–H and O–H groups in total. The van der Waals surface area contributed by atoms with Gasteiger partial charge in [0.25, 0.3) is 17.7 Å². The Kier molecular flexibility index (Phi) is 9.04. The summed E-state index contributed by atoms with van der Waals surface area (Å²) in [5.74, 6) is -0.559. The molecule has 0 saturated heterocycles. The number of nitrogens with one attached hydrogen (secondary N) is 3. The lowest BCUT2D eigenvalue weighted by atomic mass is 10.3. The maximum Gasteiger partial charge on any atom is 0.279 e. The van der Waals surface area contributed by atoms with Crippen LogP contribution in [0.1, 0.15) is 27.4 Å². The number of nitrogens with zero attached hydrogens (tertiary/aromatic N) is 3. The SMILES string of the molecule is Cn1cc(NC(=O)c2cc(NC(=O)C[N+](C)(C)C)cn2C)cc1C(=O)NCCC(N)=[NH2+].[Cl-]. The lowest BCUT2D eigenvalue weighted by Gasteiger charge is -2.22. The maximum atomic E-state index is 12.7. The van der Waals surface area contributed by atoms with Crippen molar-refractivity contribution >= 4 is 34.9 Å². The van der Waals surface area contributed by atoms with Gasteiger partial charge >= 0.3 is 0 Å². The Hall–Kier alpha value is -3.31. The first-order chi connectivity index (χ1) is 14.4. The first-order valence-corrected chi connectivity index (χ1v) is 9.75. The molecule has 2 aromatic rings. The second kappa shape index (κ2) is 10.8. The molecule has 0 atom stereocenters. The number of nitrogens with two attached hydrogens (primary N) is 2. The number of halogens is 1. The molecule has 3 amide bonds. The van der Waals surface area contributed by atoms with Gasteiger partial charge in [0.05, 0.1) is 38.9 Å². The fourth-order valence-corrected chi connectivity index (χ4v) is 2.95. The van der Waals surface area contributed by atoms with Crippen LogP contribution in [0.4, 0.5) is 11.4 Å². The van der Waals surface area contributed by atoms with E-state index in [1.165, 1.54) is 0 Å². The van der Waals surface area contributed by atoms with Gasteiger partial charge in [0.1, 0.15) is 11.4 Å². The molecule has 2 heterocycles. The van der Waals surface area contributed by atoms with Crippen molar-refractivity contribution in [3.05, 3.63) is 35.9 Å². The number of rotatable bonds is 9. The van der Waals surface area contributed by atoms with E-state index in [-0.39, 0.29) is 36.0 Å². The van der Waals surface area contributed by atoms with Gasteiger partial charge in [-0.05, 0) is 12.1 Å². The van der Waals surface area contributed by atoms with Crippen molar-refractivity contribution in [1.29, 1.82) is 0 Å². The molecule has 0 aliphatic heterocycles. The van der Waals surface area contributed by atoms with Crippen LogP contribution in [0.5, 0.6) is 0 Å². The normalized spacial score (nSPS) is 10.8. The van der Waals surface area contributed by atoms with Crippen molar-refractivity contribution in [3.8, 4) is 0 Å². The van der Waals surface area contributed by atoms with Crippen LogP contribution in [0.15, 0.2) is 24.5 Å². The van der Waals surface area contributed by atoms with E-state index >= 15 is 0 Å². The molecular weight excluding hydrogens is 436 g/mol. The molecule has 2 rings (SSSR count). The molecule has 0 spiro atoms. The number of anilines is 2. The van der Waals surface area contributed by atoms with E-state index in [0.29, 0.717) is 46.8 Å². The molecule has 0 bridgehead atoms. The van der Waals surface area contributed by atoms with Crippen LogP contribution in [0.2, 0.25) is 0 Å². The second-order valence-electron chi connectivity index (χ2n) is 8.48. The highest BCUT2D eigenvalue weighted by Gasteiger charge is 2.19. The number of carbonyl (C=O) groups is 3. The summed E-state index contributed by atoms with van der Waals surface area (Å²) in [6, 6.07) is 3.18. The minimum Gasteiger partial charge on any atom is -1.00 e. The number of aryl methyl sites for hydroxylation is 2. The number of amidine groups is 1. The number of hydrogen-bond donors (Lipinski definition) is 5. The highest BCUT2D eigenvalue weighted by Crippen LogP contribution is 2.17. The Morgan fingerprint density at radius 1 is 0.969 bits per heavy atom. The minimum atomic E-state index is -0.363. The molecule has 176 valence electrons. The highest BCUT2D eigenvalue weighted by atomic mass is 35.5. The Bertz CT molecular complexity index is 1000. The number of carbonyl (C=O) groups excluding carboxylic acids is 3. The summed E-state index contributed by atoms with van der Waals surface area (Å²) in [6.45, 7) is 0.626. The molecule has 0 aliphatic rings. The van der Waals surface area contributed by atoms with Gasteiger partial charge in [-0.1, -0.05) is 0 Å². The lowest BCUT2D eigenvalue weighted by Crippen LogP contribution is -3.00. The van der Waals surface area contributed by atoms with E-state index in [4.69, 9.17) is 11.1 Å². The summed E-state index contributed by atoms with van der Waals surface area (Å²) in [5, 5.41) is 13.7. The predicted octanol–water partition coefficient (Wildman–Crippen LogP) is -4.50. The van der Waals surface area contributed by atoms with Crippen LogP contribution in [-0.4, -0.2) is 71.4 Å². The third-order valence-corrected chi connectivity index (χ3v) is 4.33. The molecule has 0 saturated carbocycles. The number of aromatic nitrogens is 2. The van der Waals surface area contributed by atoms with Crippen LogP contribution in [0.25, 0.3) is 0 Å². The first-order valence-electron chi connectivity index (χ1n) is 9.75. The zero-order chi connectivity index (χ0) is 23.3. The Morgan fingerprint density at radius 2 is 1.47 bits per heavy atom. The van der Waals surface area contributed by atoms with Crippen LogP contribution in [0.3, 0.4) is 0 Å². The van der Waals surface area contributed by atoms with Gasteiger partial charge in [0.2, 0.25) is 5.84 Å². The minimum absolute atomic E-state index is 0. The Morgan fingerprint density at radius 3 is 1.97 bits per heavy atom. The average Bonchev–Trinajstić information content (AvgIpc) is 3.14. The van der Waals surface area contributed by atoms with Gasteiger partial charge in [-0.25, -0.2) is 0 Å². The van der Waals surface area contributed by atoms with Gasteiger partial charge in [-0.15, -0.1) is 0 Å². The van der Waals surface area contributed by atoms with Crippen LogP contribution >= 0.6 is 0 Å². The number of hydrogen-bond acceptors (Lipinski definition) is 3. The van der Waals surface area contributed by atoms with Crippen molar-refractivity contribution in [1.82, 2.24) is 14.5 Å². The van der Waals surface area contributed by atoms with Crippen LogP contribution < -0.4 is 39.5 Å². The lowest BCUT2D eigenvalue weighted by molar-refractivity contribution is -0.861. The van der Waals surface area contributed by atoms with Crippen LogP contribution in [0, 0.1) is 0 Å². The molecule has 0 aliphatic carbocycles. The van der Waals surface area contributed by atoms with Crippen LogP contribution in [-0.2, 0) is 18.9 Å². The van der Waals surface area contributed by atoms with E-state index in [1.807, 2.05) is 21.1 Å². The average molecular weight is 468 g/mol. The van der Waals surface area contributed by atoms with Crippen molar-refractivity contribution < 1.29 is 36.7 Å². The molecule has 0 radical (unpaired) electrons. The van der Waals surface area contributed by atoms with E-state index in [1.54, 1.807) is 47.8 Å². The molecule has 11 nitrogen and oxygen atoms in total. The summed E-state index contributed by atoms with van der Waals surface area (Å²) in [5.41, 5.74) is 7.15. The van der Waals surface area contributed by atoms with Crippen molar-refractivity contribution in [2.45, 2.75) is 6.42 Å². The quantitative estimate of drug-likeness (QED) is 0.143. The van der Waals surface area contributed by atoms with Crippen molar-refractivity contribution in [2.24, 2.45) is 19.8 Å². The third kappa shape index (κ3) is 7.75. The summed E-state index contributed by atoms with van der Waals surface area (Å²) in [6.07, 6.45) is 3.69. The van der Waals surface area contributed by atoms with Crippen molar-refractivity contribution in [3.63, 3.8) is 0 Å².